The molecule has 0 unspecified atom stereocenters. The Morgan fingerprint density at radius 2 is 2.11 bits per heavy atom. The first-order valence-electron chi connectivity index (χ1n) is 5.59. The van der Waals surface area contributed by atoms with Crippen LogP contribution in [0.3, 0.4) is 0 Å². The van der Waals surface area contributed by atoms with Crippen molar-refractivity contribution >= 4 is 37.8 Å². The van der Waals surface area contributed by atoms with Gasteiger partial charge in [-0.1, -0.05) is 13.8 Å². The number of hydrogen-bond donors (Lipinski definition) is 2. The fraction of sp³-hybridized carbons (Fsp3) is 0.364. The van der Waals surface area contributed by atoms with E-state index in [1.807, 2.05) is 19.2 Å². The Bertz CT molecular complexity index is 658. The number of thiophene rings is 1. The molecule has 2 aromatic rings. The van der Waals surface area contributed by atoms with E-state index >= 15 is 0 Å². The molecule has 5 nitrogen and oxygen atoms in total. The lowest BCUT2D eigenvalue weighted by Gasteiger charge is -2.02. The number of aromatic nitrogens is 1. The molecule has 0 aliphatic rings. The summed E-state index contributed by atoms with van der Waals surface area (Å²) in [5, 5.41) is 12.8. The van der Waals surface area contributed by atoms with E-state index in [0.717, 1.165) is 17.0 Å². The largest absolute Gasteiger partial charge is 0.392 e. The van der Waals surface area contributed by atoms with Crippen LogP contribution in [0.25, 0.3) is 0 Å². The molecule has 2 heterocycles. The molecule has 0 atom stereocenters. The van der Waals surface area contributed by atoms with E-state index in [1.165, 1.54) is 17.4 Å². The number of nitrogens with one attached hydrogen (secondary N) is 1. The molecule has 0 saturated carbocycles. The molecule has 0 spiro atoms. The van der Waals surface area contributed by atoms with Gasteiger partial charge in [0.05, 0.1) is 12.3 Å². The predicted octanol–water partition coefficient (Wildman–Crippen LogP) is 2.62. The highest BCUT2D eigenvalue weighted by Gasteiger charge is 2.18. The van der Waals surface area contributed by atoms with Gasteiger partial charge in [0.15, 0.2) is 5.13 Å². The maximum absolute atomic E-state index is 12.1. The van der Waals surface area contributed by atoms with E-state index in [9.17, 15) is 8.42 Å². The van der Waals surface area contributed by atoms with E-state index in [0.29, 0.717) is 10.7 Å². The van der Waals surface area contributed by atoms with Gasteiger partial charge in [-0.25, -0.2) is 13.4 Å². The third kappa shape index (κ3) is 3.33. The van der Waals surface area contributed by atoms with Crippen molar-refractivity contribution in [1.82, 2.24) is 4.98 Å². The van der Waals surface area contributed by atoms with Crippen molar-refractivity contribution in [3.8, 4) is 0 Å². The zero-order valence-electron chi connectivity index (χ0n) is 10.5. The van der Waals surface area contributed by atoms with Crippen LogP contribution in [0.4, 0.5) is 5.13 Å². The fourth-order valence-corrected chi connectivity index (χ4v) is 4.67. The molecule has 104 valence electrons. The second kappa shape index (κ2) is 5.58. The first-order chi connectivity index (χ1) is 8.92. The summed E-state index contributed by atoms with van der Waals surface area (Å²) in [4.78, 5) is 4.23. The number of nitrogens with zero attached hydrogens (tertiary/aromatic N) is 1. The summed E-state index contributed by atoms with van der Waals surface area (Å²) in [7, 11) is -3.61. The summed E-state index contributed by atoms with van der Waals surface area (Å²) in [5.41, 5.74) is 1.46. The van der Waals surface area contributed by atoms with Crippen molar-refractivity contribution in [2.45, 2.75) is 30.6 Å². The van der Waals surface area contributed by atoms with E-state index < -0.39 is 10.0 Å². The standard InChI is InChI=1S/C11H14N2O3S3/c1-7(2)9-6-18-11(12-9)13-19(15,16)10-3-8(4-14)5-17-10/h3,5-7,14H,4H2,1-2H3,(H,12,13). The molecule has 0 radical (unpaired) electrons. The van der Waals surface area contributed by atoms with E-state index in [-0.39, 0.29) is 16.7 Å². The topological polar surface area (TPSA) is 79.3 Å². The van der Waals surface area contributed by atoms with Gasteiger partial charge in [-0.2, -0.15) is 0 Å². The Morgan fingerprint density at radius 3 is 2.63 bits per heavy atom. The number of anilines is 1. The second-order valence-electron chi connectivity index (χ2n) is 4.27. The SMILES string of the molecule is CC(C)c1csc(NS(=O)(=O)c2cc(CO)cs2)n1. The van der Waals surface area contributed by atoms with E-state index in [4.69, 9.17) is 5.11 Å². The maximum atomic E-state index is 12.1. The van der Waals surface area contributed by atoms with Gasteiger partial charge in [-0.05, 0) is 22.9 Å². The number of rotatable bonds is 5. The zero-order chi connectivity index (χ0) is 14.0. The average molecular weight is 318 g/mol. The monoisotopic (exact) mass is 318 g/mol. The van der Waals surface area contributed by atoms with Crippen LogP contribution in [-0.2, 0) is 16.6 Å². The van der Waals surface area contributed by atoms with Gasteiger partial charge in [-0.15, -0.1) is 22.7 Å². The summed E-state index contributed by atoms with van der Waals surface area (Å²) >= 11 is 2.35. The highest BCUT2D eigenvalue weighted by atomic mass is 32.2. The van der Waals surface area contributed by atoms with Crippen molar-refractivity contribution in [3.05, 3.63) is 28.1 Å². The summed E-state index contributed by atoms with van der Waals surface area (Å²) in [5.74, 6) is 0.261. The van der Waals surface area contributed by atoms with Gasteiger partial charge in [-0.3, -0.25) is 4.72 Å². The Labute approximate surface area is 120 Å². The number of aliphatic hydroxyl groups is 1. The summed E-state index contributed by atoms with van der Waals surface area (Å²) in [6.45, 7) is 3.83. The number of hydrogen-bond acceptors (Lipinski definition) is 6. The molecule has 0 bridgehead atoms. The molecule has 0 saturated heterocycles. The minimum absolute atomic E-state index is 0.166. The molecule has 19 heavy (non-hydrogen) atoms. The molecule has 0 amide bonds. The highest BCUT2D eigenvalue weighted by molar-refractivity contribution is 7.94. The Hall–Kier alpha value is -0.960. The Kier molecular flexibility index (Phi) is 4.24. The molecule has 2 N–H and O–H groups in total. The van der Waals surface area contributed by atoms with Crippen molar-refractivity contribution in [3.63, 3.8) is 0 Å². The molecule has 0 aromatic carbocycles. The molecular formula is C11H14N2O3S3. The van der Waals surface area contributed by atoms with Crippen LogP contribution in [-0.4, -0.2) is 18.5 Å². The number of sulfonamides is 1. The van der Waals surface area contributed by atoms with Gasteiger partial charge in [0, 0.05) is 5.38 Å². The quantitative estimate of drug-likeness (QED) is 0.888. The molecule has 2 rings (SSSR count). The molecule has 0 fully saturated rings. The highest BCUT2D eigenvalue weighted by Crippen LogP contribution is 2.26. The smallest absolute Gasteiger partial charge is 0.273 e. The summed E-state index contributed by atoms with van der Waals surface area (Å²) in [6, 6.07) is 1.46. The Balaban J connectivity index is 2.20. The zero-order valence-corrected chi connectivity index (χ0v) is 12.9. The third-order valence-electron chi connectivity index (χ3n) is 2.41. The molecule has 8 heteroatoms. The lowest BCUT2D eigenvalue weighted by Crippen LogP contribution is -2.11. The van der Waals surface area contributed by atoms with Crippen LogP contribution in [0.1, 0.15) is 31.0 Å². The normalized spacial score (nSPS) is 12.0. The molecule has 0 aliphatic carbocycles. The van der Waals surface area contributed by atoms with Crippen LogP contribution in [0.2, 0.25) is 0 Å². The van der Waals surface area contributed by atoms with Gasteiger partial charge in [0.2, 0.25) is 0 Å². The molecular weight excluding hydrogens is 304 g/mol. The lowest BCUT2D eigenvalue weighted by molar-refractivity contribution is 0.282. The van der Waals surface area contributed by atoms with Crippen LogP contribution in [0.5, 0.6) is 0 Å². The van der Waals surface area contributed by atoms with Crippen molar-refractivity contribution in [1.29, 1.82) is 0 Å². The molecule has 0 aliphatic heterocycles. The van der Waals surface area contributed by atoms with Gasteiger partial charge in [0.1, 0.15) is 4.21 Å². The van der Waals surface area contributed by atoms with Crippen molar-refractivity contribution < 1.29 is 13.5 Å². The predicted molar refractivity (Wildman–Crippen MR) is 77.3 cm³/mol. The van der Waals surface area contributed by atoms with E-state index in [1.54, 1.807) is 5.38 Å². The number of thiazole rings is 1. The van der Waals surface area contributed by atoms with Crippen LogP contribution in [0.15, 0.2) is 21.0 Å². The van der Waals surface area contributed by atoms with E-state index in [2.05, 4.69) is 9.71 Å². The van der Waals surface area contributed by atoms with Gasteiger partial charge >= 0.3 is 0 Å². The Morgan fingerprint density at radius 1 is 1.37 bits per heavy atom. The van der Waals surface area contributed by atoms with Crippen LogP contribution in [0, 0.1) is 0 Å². The minimum atomic E-state index is -3.61. The second-order valence-corrected chi connectivity index (χ2v) is 7.95. The molecule has 2 aromatic heterocycles. The van der Waals surface area contributed by atoms with Crippen molar-refractivity contribution in [2.75, 3.05) is 4.72 Å². The maximum Gasteiger partial charge on any atom is 0.273 e. The number of aliphatic hydroxyl groups excluding tert-OH is 1. The lowest BCUT2D eigenvalue weighted by atomic mass is 10.2. The summed E-state index contributed by atoms with van der Waals surface area (Å²) in [6.07, 6.45) is 0. The van der Waals surface area contributed by atoms with Crippen LogP contribution < -0.4 is 4.72 Å². The first-order valence-corrected chi connectivity index (χ1v) is 8.83. The van der Waals surface area contributed by atoms with Gasteiger partial charge in [0.25, 0.3) is 10.0 Å². The first kappa shape index (κ1) is 14.4. The van der Waals surface area contributed by atoms with Crippen molar-refractivity contribution in [2.24, 2.45) is 0 Å². The summed E-state index contributed by atoms with van der Waals surface area (Å²) < 4.78 is 26.8. The van der Waals surface area contributed by atoms with Crippen LogP contribution >= 0.6 is 22.7 Å². The minimum Gasteiger partial charge on any atom is -0.392 e. The third-order valence-corrected chi connectivity index (χ3v) is 6.14. The average Bonchev–Trinajstić information content (AvgIpc) is 2.96. The van der Waals surface area contributed by atoms with Gasteiger partial charge < -0.3 is 5.11 Å². The fourth-order valence-electron chi connectivity index (χ4n) is 1.34.